The van der Waals surface area contributed by atoms with Gasteiger partial charge in [-0.15, -0.1) is 4.83 Å². The zero-order chi connectivity index (χ0) is 31.1. The van der Waals surface area contributed by atoms with Crippen molar-refractivity contribution in [3.05, 3.63) is 6.33 Å². The van der Waals surface area contributed by atoms with Gasteiger partial charge >= 0.3 is 7.82 Å². The number of imidazole rings is 1. The van der Waals surface area contributed by atoms with E-state index in [0.29, 0.717) is 0 Å². The summed E-state index contributed by atoms with van der Waals surface area (Å²) in [6, 6.07) is 0. The van der Waals surface area contributed by atoms with Crippen LogP contribution in [0.4, 0.5) is 11.8 Å². The molecule has 0 saturated carbocycles. The number of nitrogens with two attached hydrogens (primary N) is 1. The fraction of sp³-hybridized carbons (Fsp3) is 0.739. The largest absolute Gasteiger partial charge is 0.475 e. The highest BCUT2D eigenvalue weighted by atomic mass is 32.2. The Kier molecular flexibility index (Phi) is 9.62. The summed E-state index contributed by atoms with van der Waals surface area (Å²) in [5, 5.41) is 12.7. The number of thioether (sulfide) groups is 1. The number of nitrogen functional groups attached to an aromatic ring is 1. The molecular weight excluding hydrogens is 613 g/mol. The summed E-state index contributed by atoms with van der Waals surface area (Å²) in [7, 11) is -6.31. The van der Waals surface area contributed by atoms with Gasteiger partial charge in [0.1, 0.15) is 17.8 Å². The molecule has 2 aliphatic rings. The van der Waals surface area contributed by atoms with Crippen LogP contribution < -0.4 is 15.6 Å². The molecule has 42 heavy (non-hydrogen) atoms. The van der Waals surface area contributed by atoms with Gasteiger partial charge in [-0.25, -0.2) is 18.0 Å². The minimum atomic E-state index is -4.09. The summed E-state index contributed by atoms with van der Waals surface area (Å²) in [4.78, 5) is 27.5. The van der Waals surface area contributed by atoms with Crippen molar-refractivity contribution in [3.8, 4) is 0 Å². The summed E-state index contributed by atoms with van der Waals surface area (Å²) < 4.78 is 60.8. The molecule has 5 atom stereocenters. The van der Waals surface area contributed by atoms with Crippen molar-refractivity contribution in [1.29, 1.82) is 0 Å². The lowest BCUT2D eigenvalue weighted by molar-refractivity contribution is -0.118. The van der Waals surface area contributed by atoms with Crippen LogP contribution in [0.3, 0.4) is 0 Å². The van der Waals surface area contributed by atoms with Crippen LogP contribution >= 0.6 is 19.6 Å². The molecule has 19 heteroatoms. The Bertz CT molecular complexity index is 1470. The van der Waals surface area contributed by atoms with E-state index in [1.807, 2.05) is 13.8 Å². The van der Waals surface area contributed by atoms with Crippen molar-refractivity contribution in [1.82, 2.24) is 24.4 Å². The molecule has 0 aromatic carbocycles. The maximum atomic E-state index is 13.3. The standard InChI is InChI=1S/C23H38N7O9PS2/c1-7-8-9-22(2,3)20(31)41-11-10-36-40(33)37-12-14-16(39-40)23(4,32)19(38-14)30-13-25-15-17(26-21(24)27-18(15)30)29(5)28-42(6,34)35/h13-14,16,19,28,32H,7-12H2,1-6H3,(H2,24,26,27)/t14?,16-,19?,23-,40?/m1/s1. The van der Waals surface area contributed by atoms with Crippen LogP contribution in [0.25, 0.3) is 11.2 Å². The SMILES string of the molecule is CCCCC(C)(C)C(=O)SCCOP1(=O)OCC2OC(n3cnc4c(N(C)NS(C)(=O)=O)nc(N)nc43)[C@](C)(O)[C@@H]2O1. The monoisotopic (exact) mass is 651 g/mol. The van der Waals surface area contributed by atoms with Crippen LogP contribution in [0.5, 0.6) is 0 Å². The molecule has 0 spiro atoms. The molecule has 0 amide bonds. The number of aliphatic hydroxyl groups is 1. The number of carbonyl (C=O) groups excluding carboxylic acids is 1. The summed E-state index contributed by atoms with van der Waals surface area (Å²) >= 11 is 1.10. The number of unbranched alkanes of at least 4 members (excludes halogenated alkanes) is 1. The lowest BCUT2D eigenvalue weighted by Crippen LogP contribution is -2.47. The molecule has 0 aliphatic carbocycles. The minimum Gasteiger partial charge on any atom is -0.383 e. The van der Waals surface area contributed by atoms with Gasteiger partial charge < -0.3 is 15.6 Å². The number of anilines is 2. The molecule has 2 saturated heterocycles. The third-order valence-electron chi connectivity index (χ3n) is 6.92. The van der Waals surface area contributed by atoms with Gasteiger partial charge in [0.15, 0.2) is 28.3 Å². The van der Waals surface area contributed by atoms with E-state index in [0.717, 1.165) is 42.3 Å². The zero-order valence-corrected chi connectivity index (χ0v) is 26.9. The number of rotatable bonds is 12. The van der Waals surface area contributed by atoms with Crippen molar-refractivity contribution in [2.75, 3.05) is 43.0 Å². The van der Waals surface area contributed by atoms with Crippen LogP contribution in [0.15, 0.2) is 6.33 Å². The van der Waals surface area contributed by atoms with Gasteiger partial charge in [-0.1, -0.05) is 45.4 Å². The number of nitrogens with one attached hydrogen (secondary N) is 1. The summed E-state index contributed by atoms with van der Waals surface area (Å²) in [5.74, 6) is 0.139. The van der Waals surface area contributed by atoms with Crippen molar-refractivity contribution < 1.29 is 41.2 Å². The van der Waals surface area contributed by atoms with E-state index in [4.69, 9.17) is 24.0 Å². The number of fused-ring (bicyclic) bond motifs is 2. The van der Waals surface area contributed by atoms with Crippen LogP contribution in [-0.2, 0) is 37.7 Å². The quantitative estimate of drug-likeness (QED) is 0.170. The second-order valence-corrected chi connectivity index (χ2v) is 15.5. The number of hydrogen-bond donors (Lipinski definition) is 3. The number of ether oxygens (including phenoxy) is 1. The normalized spacial score (nSPS) is 28.2. The van der Waals surface area contributed by atoms with Gasteiger partial charge in [0, 0.05) is 18.2 Å². The molecule has 4 rings (SSSR count). The molecule has 2 aliphatic heterocycles. The lowest BCUT2D eigenvalue weighted by Gasteiger charge is -2.35. The van der Waals surface area contributed by atoms with Gasteiger partial charge in [-0.3, -0.25) is 27.9 Å². The molecule has 4 N–H and O–H groups in total. The first-order chi connectivity index (χ1) is 19.5. The number of hydrazine groups is 1. The molecule has 236 valence electrons. The highest BCUT2D eigenvalue weighted by Gasteiger charge is 2.60. The predicted octanol–water partition coefficient (Wildman–Crippen LogP) is 1.97. The number of carbonyl (C=O) groups is 1. The first kappa shape index (κ1) is 33.0. The Morgan fingerprint density at radius 3 is 2.81 bits per heavy atom. The van der Waals surface area contributed by atoms with Crippen LogP contribution in [0, 0.1) is 5.41 Å². The van der Waals surface area contributed by atoms with Crippen LogP contribution in [-0.4, -0.2) is 88.2 Å². The van der Waals surface area contributed by atoms with Gasteiger partial charge in [-0.05, 0) is 13.3 Å². The summed E-state index contributed by atoms with van der Waals surface area (Å²) in [6.07, 6.45) is 1.97. The predicted molar refractivity (Wildman–Crippen MR) is 156 cm³/mol. The minimum absolute atomic E-state index is 0.0248. The number of hydrogen-bond acceptors (Lipinski definition) is 15. The maximum Gasteiger partial charge on any atom is 0.475 e. The van der Waals surface area contributed by atoms with E-state index in [9.17, 15) is 22.9 Å². The van der Waals surface area contributed by atoms with E-state index in [2.05, 4.69) is 26.7 Å². The third kappa shape index (κ3) is 7.08. The number of aromatic nitrogens is 4. The molecule has 3 unspecified atom stereocenters. The van der Waals surface area contributed by atoms with E-state index in [1.165, 1.54) is 24.9 Å². The van der Waals surface area contributed by atoms with Gasteiger partial charge in [0.25, 0.3) is 0 Å². The Labute approximate surface area is 248 Å². The molecule has 16 nitrogen and oxygen atoms in total. The molecule has 2 fully saturated rings. The molecule has 2 aromatic rings. The number of phosphoric acid groups is 1. The Morgan fingerprint density at radius 1 is 1.43 bits per heavy atom. The first-order valence-corrected chi connectivity index (χ1v) is 17.6. The van der Waals surface area contributed by atoms with E-state index in [-0.39, 0.29) is 47.0 Å². The second kappa shape index (κ2) is 12.2. The van der Waals surface area contributed by atoms with E-state index >= 15 is 0 Å². The fourth-order valence-electron chi connectivity index (χ4n) is 4.76. The number of phosphoric ester groups is 1. The zero-order valence-electron chi connectivity index (χ0n) is 24.3. The van der Waals surface area contributed by atoms with Crippen molar-refractivity contribution in [3.63, 3.8) is 0 Å². The fourth-order valence-corrected chi connectivity index (χ4v) is 7.78. The van der Waals surface area contributed by atoms with Crippen LogP contribution in [0.2, 0.25) is 0 Å². The molecule has 0 bridgehead atoms. The number of nitrogens with zero attached hydrogens (tertiary/aromatic N) is 5. The van der Waals surface area contributed by atoms with E-state index in [1.54, 1.807) is 0 Å². The first-order valence-electron chi connectivity index (χ1n) is 13.3. The van der Waals surface area contributed by atoms with Gasteiger partial charge in [-0.2, -0.15) is 9.97 Å². The highest BCUT2D eigenvalue weighted by molar-refractivity contribution is 8.13. The molecule has 2 aromatic heterocycles. The average Bonchev–Trinajstić information content (AvgIpc) is 3.41. The Morgan fingerprint density at radius 2 is 2.14 bits per heavy atom. The average molecular weight is 652 g/mol. The Balaban J connectivity index is 1.46. The van der Waals surface area contributed by atoms with Crippen molar-refractivity contribution >= 4 is 57.7 Å². The smallest absolute Gasteiger partial charge is 0.383 e. The van der Waals surface area contributed by atoms with Crippen molar-refractivity contribution in [2.24, 2.45) is 5.41 Å². The van der Waals surface area contributed by atoms with Gasteiger partial charge in [0.2, 0.25) is 16.0 Å². The van der Waals surface area contributed by atoms with E-state index < -0.39 is 47.3 Å². The third-order valence-corrected chi connectivity index (χ3v) is 10.2. The summed E-state index contributed by atoms with van der Waals surface area (Å²) in [6.45, 7) is 7.06. The molecular formula is C23H38N7O9PS2. The molecule has 0 radical (unpaired) electrons. The topological polar surface area (TPSA) is 210 Å². The van der Waals surface area contributed by atoms with Crippen molar-refractivity contribution in [2.45, 2.75) is 71.0 Å². The van der Waals surface area contributed by atoms with Gasteiger partial charge in [0.05, 0.1) is 25.8 Å². The maximum absolute atomic E-state index is 13.3. The molecule has 4 heterocycles. The second-order valence-electron chi connectivity index (χ2n) is 11.1. The Hall–Kier alpha value is -1.89. The lowest BCUT2D eigenvalue weighted by atomic mass is 9.89. The summed E-state index contributed by atoms with van der Waals surface area (Å²) in [5.41, 5.74) is 3.98. The number of sulfonamides is 1. The highest BCUT2D eigenvalue weighted by Crippen LogP contribution is 2.59. The van der Waals surface area contributed by atoms with Crippen LogP contribution in [0.1, 0.15) is 53.2 Å².